The zero-order valence-corrected chi connectivity index (χ0v) is 14.2. The smallest absolute Gasteiger partial charge is 0.222 e. The molecule has 118 valence electrons. The number of amides is 1. The molecule has 1 fully saturated rings. The van der Waals surface area contributed by atoms with Gasteiger partial charge in [0, 0.05) is 19.5 Å². The van der Waals surface area contributed by atoms with E-state index >= 15 is 0 Å². The van der Waals surface area contributed by atoms with Gasteiger partial charge in [-0.3, -0.25) is 4.79 Å². The third kappa shape index (κ3) is 5.43. The van der Waals surface area contributed by atoms with Gasteiger partial charge in [-0.25, -0.2) is 0 Å². The fraction of sp³-hybridized carbons (Fsp3) is 0.941. The Morgan fingerprint density at radius 2 is 1.95 bits per heavy atom. The summed E-state index contributed by atoms with van der Waals surface area (Å²) in [6.45, 7) is 13.9. The quantitative estimate of drug-likeness (QED) is 0.839. The number of piperidine rings is 1. The van der Waals surface area contributed by atoms with Gasteiger partial charge in [0.2, 0.25) is 5.91 Å². The topological polar surface area (TPSA) is 46.3 Å². The average Bonchev–Trinajstić information content (AvgIpc) is 2.31. The average molecular weight is 282 g/mol. The Labute approximate surface area is 125 Å². The van der Waals surface area contributed by atoms with Gasteiger partial charge in [0.1, 0.15) is 0 Å². The van der Waals surface area contributed by atoms with Crippen LogP contribution in [0.15, 0.2) is 0 Å². The molecule has 1 aliphatic rings. The lowest BCUT2D eigenvalue weighted by atomic mass is 9.76. The number of likely N-dealkylation sites (tertiary alicyclic amines) is 1. The third-order valence-corrected chi connectivity index (χ3v) is 4.70. The summed E-state index contributed by atoms with van der Waals surface area (Å²) in [5.74, 6) is 0.873. The molecule has 1 atom stereocenters. The lowest BCUT2D eigenvalue weighted by molar-refractivity contribution is -0.134. The van der Waals surface area contributed by atoms with Gasteiger partial charge in [0.25, 0.3) is 0 Å². The van der Waals surface area contributed by atoms with Crippen LogP contribution < -0.4 is 5.73 Å². The van der Waals surface area contributed by atoms with E-state index in [1.165, 1.54) is 6.42 Å². The second-order valence-electron chi connectivity index (χ2n) is 8.26. The van der Waals surface area contributed by atoms with E-state index in [9.17, 15) is 4.79 Å². The zero-order chi connectivity index (χ0) is 15.4. The normalized spacial score (nSPS) is 20.8. The number of carbonyl (C=O) groups excluding carboxylic acids is 1. The summed E-state index contributed by atoms with van der Waals surface area (Å²) in [5, 5.41) is 0. The maximum Gasteiger partial charge on any atom is 0.222 e. The van der Waals surface area contributed by atoms with Crippen LogP contribution in [0.3, 0.4) is 0 Å². The molecular weight excluding hydrogens is 248 g/mol. The Morgan fingerprint density at radius 1 is 1.30 bits per heavy atom. The molecule has 0 bridgehead atoms. The Kier molecular flexibility index (Phi) is 6.06. The van der Waals surface area contributed by atoms with Gasteiger partial charge < -0.3 is 10.6 Å². The van der Waals surface area contributed by atoms with Gasteiger partial charge in [-0.2, -0.15) is 0 Å². The summed E-state index contributed by atoms with van der Waals surface area (Å²) in [4.78, 5) is 14.5. The van der Waals surface area contributed by atoms with E-state index in [4.69, 9.17) is 5.73 Å². The van der Waals surface area contributed by atoms with Crippen LogP contribution in [0.1, 0.15) is 66.7 Å². The van der Waals surface area contributed by atoms with Crippen LogP contribution in [0.4, 0.5) is 0 Å². The van der Waals surface area contributed by atoms with E-state index in [0.717, 1.165) is 32.4 Å². The molecule has 3 heteroatoms. The first-order chi connectivity index (χ1) is 9.15. The fourth-order valence-electron chi connectivity index (χ4n) is 3.30. The monoisotopic (exact) mass is 282 g/mol. The largest absolute Gasteiger partial charge is 0.342 e. The van der Waals surface area contributed by atoms with E-state index in [1.54, 1.807) is 0 Å². The van der Waals surface area contributed by atoms with Crippen molar-refractivity contribution < 1.29 is 4.79 Å². The summed E-state index contributed by atoms with van der Waals surface area (Å²) >= 11 is 0. The highest BCUT2D eigenvalue weighted by Crippen LogP contribution is 2.33. The zero-order valence-electron chi connectivity index (χ0n) is 14.2. The van der Waals surface area contributed by atoms with Crippen molar-refractivity contribution >= 4 is 5.91 Å². The number of hydrogen-bond donors (Lipinski definition) is 1. The van der Waals surface area contributed by atoms with Crippen molar-refractivity contribution in [2.75, 3.05) is 19.6 Å². The summed E-state index contributed by atoms with van der Waals surface area (Å²) < 4.78 is 0. The number of carbonyl (C=O) groups is 1. The summed E-state index contributed by atoms with van der Waals surface area (Å²) in [7, 11) is 0. The minimum absolute atomic E-state index is 0.237. The van der Waals surface area contributed by atoms with E-state index in [-0.39, 0.29) is 10.8 Å². The molecule has 20 heavy (non-hydrogen) atoms. The van der Waals surface area contributed by atoms with Crippen molar-refractivity contribution in [1.29, 1.82) is 0 Å². The molecule has 0 aromatic heterocycles. The summed E-state index contributed by atoms with van der Waals surface area (Å²) in [5.41, 5.74) is 6.24. The van der Waals surface area contributed by atoms with Gasteiger partial charge in [-0.15, -0.1) is 0 Å². The summed E-state index contributed by atoms with van der Waals surface area (Å²) in [6.07, 6.45) is 5.04. The van der Waals surface area contributed by atoms with Crippen LogP contribution in [0.5, 0.6) is 0 Å². The van der Waals surface area contributed by atoms with Crippen LogP contribution in [0.2, 0.25) is 0 Å². The lowest BCUT2D eigenvalue weighted by Crippen LogP contribution is -2.43. The van der Waals surface area contributed by atoms with Crippen molar-refractivity contribution in [3.8, 4) is 0 Å². The Hall–Kier alpha value is -0.570. The van der Waals surface area contributed by atoms with Gasteiger partial charge in [0.05, 0.1) is 0 Å². The van der Waals surface area contributed by atoms with Crippen molar-refractivity contribution in [1.82, 2.24) is 4.90 Å². The Bertz CT molecular complexity index is 317. The van der Waals surface area contributed by atoms with Gasteiger partial charge in [-0.05, 0) is 49.0 Å². The number of nitrogens with two attached hydrogens (primary N) is 1. The molecule has 0 aromatic rings. The minimum Gasteiger partial charge on any atom is -0.342 e. The molecule has 0 spiro atoms. The molecular formula is C17H34N2O. The molecule has 1 rings (SSSR count). The predicted octanol–water partition coefficient (Wildman–Crippen LogP) is 3.43. The number of hydrogen-bond acceptors (Lipinski definition) is 2. The first kappa shape index (κ1) is 17.5. The lowest BCUT2D eigenvalue weighted by Gasteiger charge is -2.38. The van der Waals surface area contributed by atoms with Crippen LogP contribution in [0.25, 0.3) is 0 Å². The molecule has 0 aliphatic carbocycles. The van der Waals surface area contributed by atoms with Crippen LogP contribution >= 0.6 is 0 Å². The van der Waals surface area contributed by atoms with Crippen molar-refractivity contribution in [2.24, 2.45) is 22.5 Å². The molecule has 1 saturated heterocycles. The Balaban J connectivity index is 2.49. The van der Waals surface area contributed by atoms with Gasteiger partial charge >= 0.3 is 0 Å². The summed E-state index contributed by atoms with van der Waals surface area (Å²) in [6, 6.07) is 0. The van der Waals surface area contributed by atoms with Crippen molar-refractivity contribution in [3.63, 3.8) is 0 Å². The molecule has 0 saturated carbocycles. The molecule has 0 aromatic carbocycles. The minimum atomic E-state index is 0.237. The number of rotatable bonds is 5. The molecule has 3 nitrogen and oxygen atoms in total. The molecule has 0 radical (unpaired) electrons. The maximum atomic E-state index is 12.4. The SMILES string of the molecule is CC1(C)CCCN(C(=O)CCC(CCN)C(C)(C)C)C1. The van der Waals surface area contributed by atoms with Crippen molar-refractivity contribution in [3.05, 3.63) is 0 Å². The third-order valence-electron chi connectivity index (χ3n) is 4.70. The first-order valence-corrected chi connectivity index (χ1v) is 8.13. The van der Waals surface area contributed by atoms with E-state index in [2.05, 4.69) is 39.5 Å². The van der Waals surface area contributed by atoms with Gasteiger partial charge in [-0.1, -0.05) is 34.6 Å². The van der Waals surface area contributed by atoms with Gasteiger partial charge in [0.15, 0.2) is 0 Å². The van der Waals surface area contributed by atoms with E-state index < -0.39 is 0 Å². The molecule has 2 N–H and O–H groups in total. The molecule has 1 unspecified atom stereocenters. The van der Waals surface area contributed by atoms with E-state index in [1.807, 2.05) is 0 Å². The van der Waals surface area contributed by atoms with E-state index in [0.29, 0.717) is 24.8 Å². The molecule has 1 aliphatic heterocycles. The Morgan fingerprint density at radius 3 is 2.45 bits per heavy atom. The standard InChI is InChI=1S/C17H34N2O/c1-16(2,3)14(9-11-18)7-8-15(20)19-12-6-10-17(4,5)13-19/h14H,6-13,18H2,1-5H3. The van der Waals surface area contributed by atoms with Crippen LogP contribution in [-0.2, 0) is 4.79 Å². The van der Waals surface area contributed by atoms with Crippen LogP contribution in [-0.4, -0.2) is 30.4 Å². The predicted molar refractivity (Wildman–Crippen MR) is 85.4 cm³/mol. The van der Waals surface area contributed by atoms with Crippen LogP contribution in [0, 0.1) is 16.7 Å². The molecule has 1 heterocycles. The first-order valence-electron chi connectivity index (χ1n) is 8.13. The second-order valence-corrected chi connectivity index (χ2v) is 8.26. The highest BCUT2D eigenvalue weighted by atomic mass is 16.2. The second kappa shape index (κ2) is 6.93. The van der Waals surface area contributed by atoms with Crippen molar-refractivity contribution in [2.45, 2.75) is 66.7 Å². The maximum absolute atomic E-state index is 12.4. The highest BCUT2D eigenvalue weighted by molar-refractivity contribution is 5.76. The molecule has 1 amide bonds. The highest BCUT2D eigenvalue weighted by Gasteiger charge is 2.30. The number of nitrogens with zero attached hydrogens (tertiary/aromatic N) is 1. The fourth-order valence-corrected chi connectivity index (χ4v) is 3.30.